The van der Waals surface area contributed by atoms with Crippen molar-refractivity contribution in [2.24, 2.45) is 5.92 Å². The van der Waals surface area contributed by atoms with Crippen molar-refractivity contribution in [1.82, 2.24) is 4.90 Å². The van der Waals surface area contributed by atoms with Gasteiger partial charge in [-0.3, -0.25) is 9.59 Å². The first-order valence-corrected chi connectivity index (χ1v) is 9.40. The number of likely N-dealkylation sites (tertiary alicyclic amines) is 1. The summed E-state index contributed by atoms with van der Waals surface area (Å²) in [5.74, 6) is -1.66. The molecule has 0 bridgehead atoms. The molecule has 0 aromatic heterocycles. The second-order valence-corrected chi connectivity index (χ2v) is 7.19. The summed E-state index contributed by atoms with van der Waals surface area (Å²) in [6, 6.07) is 17.1. The maximum Gasteiger partial charge on any atom is 0.308 e. The first-order chi connectivity index (χ1) is 13.0. The Bertz CT molecular complexity index is 817. The smallest absolute Gasteiger partial charge is 0.308 e. The fourth-order valence-corrected chi connectivity index (χ4v) is 3.58. The van der Waals surface area contributed by atoms with E-state index in [9.17, 15) is 14.7 Å². The van der Waals surface area contributed by atoms with Gasteiger partial charge in [0.15, 0.2) is 0 Å². The normalized spacial score (nSPS) is 19.5. The van der Waals surface area contributed by atoms with Crippen molar-refractivity contribution < 1.29 is 14.7 Å². The van der Waals surface area contributed by atoms with Crippen molar-refractivity contribution in [3.63, 3.8) is 0 Å². The third-order valence-electron chi connectivity index (χ3n) is 4.92. The third kappa shape index (κ3) is 4.98. The molecule has 0 saturated carbocycles. The van der Waals surface area contributed by atoms with E-state index in [1.54, 1.807) is 17.0 Å². The van der Waals surface area contributed by atoms with E-state index in [2.05, 4.69) is 0 Å². The molecule has 0 unspecified atom stereocenters. The molecule has 1 saturated heterocycles. The SMILES string of the molecule is O=C(O)[C@@H]1CN(C(=O)CC/C=C/c2ccccc2)C[C@H]1c1ccc(Cl)cc1. The minimum Gasteiger partial charge on any atom is -0.481 e. The molecule has 1 fully saturated rings. The van der Waals surface area contributed by atoms with Gasteiger partial charge in [0.1, 0.15) is 0 Å². The summed E-state index contributed by atoms with van der Waals surface area (Å²) < 4.78 is 0. The number of rotatable bonds is 6. The molecule has 3 rings (SSSR count). The van der Waals surface area contributed by atoms with Crippen LogP contribution in [-0.2, 0) is 9.59 Å². The van der Waals surface area contributed by atoms with Crippen LogP contribution in [0.2, 0.25) is 5.02 Å². The summed E-state index contributed by atoms with van der Waals surface area (Å²) in [7, 11) is 0. The highest BCUT2D eigenvalue weighted by molar-refractivity contribution is 6.30. The van der Waals surface area contributed by atoms with Gasteiger partial charge in [0.25, 0.3) is 0 Å². The minimum atomic E-state index is -0.866. The Morgan fingerprint density at radius 1 is 1.07 bits per heavy atom. The molecule has 1 aliphatic rings. The largest absolute Gasteiger partial charge is 0.481 e. The van der Waals surface area contributed by atoms with Crippen molar-refractivity contribution in [3.05, 3.63) is 76.8 Å². The van der Waals surface area contributed by atoms with Crippen molar-refractivity contribution >= 4 is 29.6 Å². The number of nitrogens with zero attached hydrogens (tertiary/aromatic N) is 1. The van der Waals surface area contributed by atoms with Crippen LogP contribution in [-0.4, -0.2) is 35.0 Å². The summed E-state index contributed by atoms with van der Waals surface area (Å²) >= 11 is 5.92. The molecule has 0 radical (unpaired) electrons. The first-order valence-electron chi connectivity index (χ1n) is 9.02. The van der Waals surface area contributed by atoms with Gasteiger partial charge in [0.05, 0.1) is 5.92 Å². The van der Waals surface area contributed by atoms with Crippen LogP contribution < -0.4 is 0 Å². The lowest BCUT2D eigenvalue weighted by molar-refractivity contribution is -0.141. The number of carboxylic acids is 1. The van der Waals surface area contributed by atoms with Gasteiger partial charge in [-0.25, -0.2) is 0 Å². The van der Waals surface area contributed by atoms with E-state index >= 15 is 0 Å². The highest BCUT2D eigenvalue weighted by Gasteiger charge is 2.40. The second-order valence-electron chi connectivity index (χ2n) is 6.75. The molecule has 5 heteroatoms. The summed E-state index contributed by atoms with van der Waals surface area (Å²) in [4.78, 5) is 25.9. The number of hydrogen-bond donors (Lipinski definition) is 1. The van der Waals surface area contributed by atoms with Crippen LogP contribution in [0.3, 0.4) is 0 Å². The van der Waals surface area contributed by atoms with Gasteiger partial charge >= 0.3 is 5.97 Å². The monoisotopic (exact) mass is 383 g/mol. The molecule has 1 amide bonds. The van der Waals surface area contributed by atoms with E-state index in [0.717, 1.165) is 11.1 Å². The Hall–Kier alpha value is -2.59. The van der Waals surface area contributed by atoms with Crippen molar-refractivity contribution in [2.45, 2.75) is 18.8 Å². The Labute approximate surface area is 164 Å². The van der Waals surface area contributed by atoms with Crippen LogP contribution in [0.5, 0.6) is 0 Å². The van der Waals surface area contributed by atoms with Crippen LogP contribution in [0, 0.1) is 5.92 Å². The number of allylic oxidation sites excluding steroid dienone is 1. The third-order valence-corrected chi connectivity index (χ3v) is 5.17. The molecule has 27 heavy (non-hydrogen) atoms. The van der Waals surface area contributed by atoms with Crippen molar-refractivity contribution in [2.75, 3.05) is 13.1 Å². The van der Waals surface area contributed by atoms with Crippen molar-refractivity contribution in [3.8, 4) is 0 Å². The van der Waals surface area contributed by atoms with Gasteiger partial charge in [-0.1, -0.05) is 66.2 Å². The molecule has 140 valence electrons. The molecular weight excluding hydrogens is 362 g/mol. The van der Waals surface area contributed by atoms with E-state index < -0.39 is 11.9 Å². The average molecular weight is 384 g/mol. The van der Waals surface area contributed by atoms with E-state index in [4.69, 9.17) is 11.6 Å². The zero-order valence-electron chi connectivity index (χ0n) is 14.9. The van der Waals surface area contributed by atoms with E-state index in [1.165, 1.54) is 0 Å². The van der Waals surface area contributed by atoms with E-state index in [1.807, 2.05) is 54.6 Å². The quantitative estimate of drug-likeness (QED) is 0.801. The molecule has 2 atom stereocenters. The number of hydrogen-bond acceptors (Lipinski definition) is 2. The summed E-state index contributed by atoms with van der Waals surface area (Å²) in [6.45, 7) is 0.684. The number of aliphatic carboxylic acids is 1. The zero-order chi connectivity index (χ0) is 19.2. The lowest BCUT2D eigenvalue weighted by Gasteiger charge is -2.16. The Morgan fingerprint density at radius 3 is 2.44 bits per heavy atom. The number of carbonyl (C=O) groups excluding carboxylic acids is 1. The topological polar surface area (TPSA) is 57.6 Å². The Morgan fingerprint density at radius 2 is 1.78 bits per heavy atom. The Balaban J connectivity index is 1.59. The highest BCUT2D eigenvalue weighted by Crippen LogP contribution is 2.34. The zero-order valence-corrected chi connectivity index (χ0v) is 15.7. The molecule has 2 aromatic carbocycles. The van der Waals surface area contributed by atoms with Crippen LogP contribution >= 0.6 is 11.6 Å². The maximum atomic E-state index is 12.5. The van der Waals surface area contributed by atoms with E-state index in [0.29, 0.717) is 24.4 Å². The molecule has 0 spiro atoms. The van der Waals surface area contributed by atoms with Gasteiger partial charge in [-0.2, -0.15) is 0 Å². The first kappa shape index (κ1) is 19.2. The molecule has 1 heterocycles. The van der Waals surface area contributed by atoms with Crippen LogP contribution in [0.4, 0.5) is 0 Å². The second kappa shape index (κ2) is 8.87. The predicted octanol–water partition coefficient (Wildman–Crippen LogP) is 4.46. The van der Waals surface area contributed by atoms with E-state index in [-0.39, 0.29) is 18.4 Å². The lowest BCUT2D eigenvalue weighted by Crippen LogP contribution is -2.29. The van der Waals surface area contributed by atoms with Gasteiger partial charge in [-0.15, -0.1) is 0 Å². The molecule has 1 N–H and O–H groups in total. The van der Waals surface area contributed by atoms with Gasteiger partial charge in [0, 0.05) is 30.5 Å². The Kier molecular flexibility index (Phi) is 6.30. The molecule has 2 aromatic rings. The maximum absolute atomic E-state index is 12.5. The number of carboxylic acid groups (broad SMARTS) is 1. The molecule has 4 nitrogen and oxygen atoms in total. The lowest BCUT2D eigenvalue weighted by atomic mass is 9.89. The summed E-state index contributed by atoms with van der Waals surface area (Å²) in [6.07, 6.45) is 4.99. The predicted molar refractivity (Wildman–Crippen MR) is 107 cm³/mol. The minimum absolute atomic E-state index is 0.00424. The standard InChI is InChI=1S/C22H22ClNO3/c23-18-12-10-17(11-13-18)19-14-24(15-20(19)22(26)27)21(25)9-5-4-8-16-6-2-1-3-7-16/h1-4,6-8,10-13,19-20H,5,9,14-15H2,(H,26,27)/b8-4+/t19-,20+/m0/s1. The fourth-order valence-electron chi connectivity index (χ4n) is 3.45. The van der Waals surface area contributed by atoms with Crippen LogP contribution in [0.25, 0.3) is 6.08 Å². The summed E-state index contributed by atoms with van der Waals surface area (Å²) in [5, 5.41) is 10.2. The van der Waals surface area contributed by atoms with Gasteiger partial charge < -0.3 is 10.0 Å². The van der Waals surface area contributed by atoms with Crippen LogP contribution in [0.15, 0.2) is 60.7 Å². The molecule has 1 aliphatic heterocycles. The molecular formula is C22H22ClNO3. The number of halogens is 1. The summed E-state index contributed by atoms with van der Waals surface area (Å²) in [5.41, 5.74) is 2.01. The van der Waals surface area contributed by atoms with Crippen molar-refractivity contribution in [1.29, 1.82) is 0 Å². The van der Waals surface area contributed by atoms with Crippen LogP contribution in [0.1, 0.15) is 29.9 Å². The molecule has 0 aliphatic carbocycles. The number of carbonyl (C=O) groups is 2. The van der Waals surface area contributed by atoms with Gasteiger partial charge in [0.2, 0.25) is 5.91 Å². The number of amides is 1. The fraction of sp³-hybridized carbons (Fsp3) is 0.273. The highest BCUT2D eigenvalue weighted by atomic mass is 35.5. The number of benzene rings is 2. The average Bonchev–Trinajstić information content (AvgIpc) is 3.12. The van der Waals surface area contributed by atoms with Gasteiger partial charge in [-0.05, 0) is 29.7 Å².